The molecule has 134 valence electrons. The standard InChI is InChI=1S/C22H25N3O/c1-14(2)22(26)23-12-21-24-19-8-6-7-9-20(19)25(21)13-18-16(4)10-15(3)11-17(18)5/h6-11H,1,12-13H2,2-5H3,(H,23,26). The summed E-state index contributed by atoms with van der Waals surface area (Å²) < 4.78 is 2.19. The first-order valence-corrected chi connectivity index (χ1v) is 8.81. The van der Waals surface area contributed by atoms with Gasteiger partial charge in [-0.3, -0.25) is 4.79 Å². The summed E-state index contributed by atoms with van der Waals surface area (Å²) in [4.78, 5) is 16.6. The van der Waals surface area contributed by atoms with Crippen LogP contribution in [0.3, 0.4) is 0 Å². The molecule has 26 heavy (non-hydrogen) atoms. The van der Waals surface area contributed by atoms with Crippen LogP contribution in [0.15, 0.2) is 48.6 Å². The fourth-order valence-corrected chi connectivity index (χ4v) is 3.36. The number of hydrogen-bond donors (Lipinski definition) is 1. The van der Waals surface area contributed by atoms with Crippen molar-refractivity contribution in [2.45, 2.75) is 40.8 Å². The molecule has 0 fully saturated rings. The minimum atomic E-state index is -0.147. The molecule has 4 heteroatoms. The highest BCUT2D eigenvalue weighted by Crippen LogP contribution is 2.22. The molecule has 1 amide bonds. The predicted octanol–water partition coefficient (Wildman–Crippen LogP) is 4.20. The number of amides is 1. The lowest BCUT2D eigenvalue weighted by molar-refractivity contribution is -0.117. The lowest BCUT2D eigenvalue weighted by atomic mass is 9.99. The Kier molecular flexibility index (Phi) is 4.94. The Morgan fingerprint density at radius 1 is 1.15 bits per heavy atom. The number of nitrogens with zero attached hydrogens (tertiary/aromatic N) is 2. The molecule has 4 nitrogen and oxygen atoms in total. The Bertz CT molecular complexity index is 975. The minimum Gasteiger partial charge on any atom is -0.345 e. The second-order valence-corrected chi connectivity index (χ2v) is 6.94. The molecule has 1 heterocycles. The van der Waals surface area contributed by atoms with Gasteiger partial charge in [0.25, 0.3) is 0 Å². The molecule has 0 aliphatic rings. The van der Waals surface area contributed by atoms with Crippen molar-refractivity contribution in [2.75, 3.05) is 0 Å². The first kappa shape index (κ1) is 17.9. The molecule has 1 N–H and O–H groups in total. The van der Waals surface area contributed by atoms with Crippen molar-refractivity contribution in [3.63, 3.8) is 0 Å². The summed E-state index contributed by atoms with van der Waals surface area (Å²) >= 11 is 0. The Morgan fingerprint density at radius 3 is 2.46 bits per heavy atom. The van der Waals surface area contributed by atoms with Crippen LogP contribution in [0.5, 0.6) is 0 Å². The monoisotopic (exact) mass is 347 g/mol. The topological polar surface area (TPSA) is 46.9 Å². The van der Waals surface area contributed by atoms with Gasteiger partial charge in [-0.1, -0.05) is 36.4 Å². The average Bonchev–Trinajstić information content (AvgIpc) is 2.93. The van der Waals surface area contributed by atoms with E-state index in [0.717, 1.165) is 23.4 Å². The molecule has 0 aliphatic carbocycles. The van der Waals surface area contributed by atoms with Crippen molar-refractivity contribution in [1.82, 2.24) is 14.9 Å². The largest absolute Gasteiger partial charge is 0.345 e. The zero-order valence-corrected chi connectivity index (χ0v) is 15.9. The van der Waals surface area contributed by atoms with E-state index in [0.29, 0.717) is 12.1 Å². The summed E-state index contributed by atoms with van der Waals surface area (Å²) in [6.07, 6.45) is 0. The third-order valence-electron chi connectivity index (χ3n) is 4.68. The quantitative estimate of drug-likeness (QED) is 0.703. The van der Waals surface area contributed by atoms with Crippen LogP contribution >= 0.6 is 0 Å². The van der Waals surface area contributed by atoms with Gasteiger partial charge >= 0.3 is 0 Å². The summed E-state index contributed by atoms with van der Waals surface area (Å²) in [5.74, 6) is 0.700. The SMILES string of the molecule is C=C(C)C(=O)NCc1nc2ccccc2n1Cc1c(C)cc(C)cc1C. The van der Waals surface area contributed by atoms with Gasteiger partial charge in [0.05, 0.1) is 17.6 Å². The highest BCUT2D eigenvalue weighted by Gasteiger charge is 2.14. The number of carbonyl (C=O) groups excluding carboxylic acids is 1. The lowest BCUT2D eigenvalue weighted by Crippen LogP contribution is -2.25. The van der Waals surface area contributed by atoms with E-state index in [-0.39, 0.29) is 5.91 Å². The van der Waals surface area contributed by atoms with Crippen molar-refractivity contribution in [3.05, 3.63) is 76.6 Å². The van der Waals surface area contributed by atoms with Crippen LogP contribution in [-0.4, -0.2) is 15.5 Å². The number of nitrogens with one attached hydrogen (secondary N) is 1. The van der Waals surface area contributed by atoms with Crippen molar-refractivity contribution < 1.29 is 4.79 Å². The van der Waals surface area contributed by atoms with Crippen molar-refractivity contribution >= 4 is 16.9 Å². The molecule has 2 aromatic carbocycles. The molecule has 0 saturated carbocycles. The third-order valence-corrected chi connectivity index (χ3v) is 4.68. The van der Waals surface area contributed by atoms with Gasteiger partial charge in [-0.2, -0.15) is 0 Å². The van der Waals surface area contributed by atoms with E-state index in [4.69, 9.17) is 4.98 Å². The second-order valence-electron chi connectivity index (χ2n) is 6.94. The summed E-state index contributed by atoms with van der Waals surface area (Å²) in [6.45, 7) is 12.9. The van der Waals surface area contributed by atoms with Crippen LogP contribution in [0, 0.1) is 20.8 Å². The predicted molar refractivity (Wildman–Crippen MR) is 106 cm³/mol. The van der Waals surface area contributed by atoms with E-state index in [1.165, 1.54) is 22.3 Å². The Labute approximate surface area is 154 Å². The molecule has 0 unspecified atom stereocenters. The number of aryl methyl sites for hydroxylation is 3. The number of benzene rings is 2. The van der Waals surface area contributed by atoms with E-state index in [9.17, 15) is 4.79 Å². The average molecular weight is 347 g/mol. The summed E-state index contributed by atoms with van der Waals surface area (Å²) in [6, 6.07) is 12.5. The van der Waals surface area contributed by atoms with Crippen LogP contribution in [0.4, 0.5) is 0 Å². The number of hydrogen-bond acceptors (Lipinski definition) is 2. The lowest BCUT2D eigenvalue weighted by Gasteiger charge is -2.15. The molecule has 3 aromatic rings. The van der Waals surface area contributed by atoms with Gasteiger partial charge in [0.2, 0.25) is 5.91 Å². The van der Waals surface area contributed by atoms with Crippen molar-refractivity contribution in [3.8, 4) is 0 Å². The summed E-state index contributed by atoms with van der Waals surface area (Å²) in [5, 5.41) is 2.90. The molecule has 0 saturated heterocycles. The number of carbonyl (C=O) groups is 1. The molecule has 1 aromatic heterocycles. The number of aromatic nitrogens is 2. The number of imidazole rings is 1. The highest BCUT2D eigenvalue weighted by atomic mass is 16.1. The van der Waals surface area contributed by atoms with Crippen molar-refractivity contribution in [1.29, 1.82) is 0 Å². The maximum Gasteiger partial charge on any atom is 0.246 e. The van der Waals surface area contributed by atoms with Gasteiger partial charge in [-0.15, -0.1) is 0 Å². The molecule has 0 aliphatic heterocycles. The molecule has 0 radical (unpaired) electrons. The van der Waals surface area contributed by atoms with Crippen LogP contribution in [0.2, 0.25) is 0 Å². The van der Waals surface area contributed by atoms with Gasteiger partial charge in [0.15, 0.2) is 0 Å². The maximum atomic E-state index is 11.9. The van der Waals surface area contributed by atoms with E-state index in [2.05, 4.69) is 55.4 Å². The van der Waals surface area contributed by atoms with E-state index in [1.807, 2.05) is 18.2 Å². The molecule has 0 spiro atoms. The van der Waals surface area contributed by atoms with E-state index < -0.39 is 0 Å². The third kappa shape index (κ3) is 3.54. The van der Waals surface area contributed by atoms with Crippen molar-refractivity contribution in [2.24, 2.45) is 0 Å². The van der Waals surface area contributed by atoms with Crippen LogP contribution in [-0.2, 0) is 17.9 Å². The molecular weight excluding hydrogens is 322 g/mol. The van der Waals surface area contributed by atoms with Gasteiger partial charge in [-0.05, 0) is 56.5 Å². The van der Waals surface area contributed by atoms with Crippen LogP contribution in [0.25, 0.3) is 11.0 Å². The second kappa shape index (κ2) is 7.16. The summed E-state index contributed by atoms with van der Waals surface area (Å²) in [5.41, 5.74) is 7.63. The Hall–Kier alpha value is -2.88. The highest BCUT2D eigenvalue weighted by molar-refractivity contribution is 5.92. The van der Waals surface area contributed by atoms with Crippen LogP contribution < -0.4 is 5.32 Å². The van der Waals surface area contributed by atoms with Gasteiger partial charge in [-0.25, -0.2) is 4.98 Å². The smallest absolute Gasteiger partial charge is 0.246 e. The molecule has 0 bridgehead atoms. The van der Waals surface area contributed by atoms with Crippen LogP contribution in [0.1, 0.15) is 35.0 Å². The zero-order chi connectivity index (χ0) is 18.8. The van der Waals surface area contributed by atoms with Gasteiger partial charge < -0.3 is 9.88 Å². The maximum absolute atomic E-state index is 11.9. The summed E-state index contributed by atoms with van der Waals surface area (Å²) in [7, 11) is 0. The van der Waals surface area contributed by atoms with Gasteiger partial charge in [0, 0.05) is 12.1 Å². The first-order valence-electron chi connectivity index (χ1n) is 8.81. The molecule has 0 atom stereocenters. The minimum absolute atomic E-state index is 0.147. The molecule has 3 rings (SSSR count). The zero-order valence-electron chi connectivity index (χ0n) is 15.9. The Balaban J connectivity index is 2.02. The number of fused-ring (bicyclic) bond motifs is 1. The van der Waals surface area contributed by atoms with Gasteiger partial charge in [0.1, 0.15) is 5.82 Å². The fourth-order valence-electron chi connectivity index (χ4n) is 3.36. The first-order chi connectivity index (χ1) is 12.4. The fraction of sp³-hybridized carbons (Fsp3) is 0.273. The number of rotatable bonds is 5. The van der Waals surface area contributed by atoms with E-state index >= 15 is 0 Å². The normalized spacial score (nSPS) is 10.9. The Morgan fingerprint density at radius 2 is 1.81 bits per heavy atom. The number of para-hydroxylation sites is 2. The van der Waals surface area contributed by atoms with E-state index in [1.54, 1.807) is 6.92 Å². The molecular formula is C22H25N3O.